The first kappa shape index (κ1) is 29.1. The number of hydrogen-bond acceptors (Lipinski definition) is 6. The lowest BCUT2D eigenvalue weighted by atomic mass is 10.0. The molecule has 208 valence electrons. The maximum absolute atomic E-state index is 13.8. The van der Waals surface area contributed by atoms with E-state index in [0.717, 1.165) is 16.5 Å². The van der Waals surface area contributed by atoms with Gasteiger partial charge in [0.15, 0.2) is 0 Å². The normalized spacial score (nSPS) is 17.8. The van der Waals surface area contributed by atoms with Crippen LogP contribution in [-0.4, -0.2) is 75.9 Å². The zero-order valence-corrected chi connectivity index (χ0v) is 22.1. The summed E-state index contributed by atoms with van der Waals surface area (Å²) in [7, 11) is 0. The minimum Gasteiger partial charge on any atom is -0.480 e. The van der Waals surface area contributed by atoms with Gasteiger partial charge in [-0.15, -0.1) is 0 Å². The predicted molar refractivity (Wildman–Crippen MR) is 144 cm³/mol. The monoisotopic (exact) mass is 528 g/mol. The number of fused-ring (bicyclic) bond motifs is 1. The molecule has 0 aliphatic carbocycles. The van der Waals surface area contributed by atoms with Crippen LogP contribution in [0.5, 0.6) is 0 Å². The largest absolute Gasteiger partial charge is 0.480 e. The Labute approximate surface area is 222 Å². The molecule has 3 amide bonds. The van der Waals surface area contributed by atoms with Crippen LogP contribution in [0.15, 0.2) is 30.5 Å². The number of unbranched alkanes of at least 4 members (excludes halogenated alkanes) is 1. The summed E-state index contributed by atoms with van der Waals surface area (Å²) < 4.78 is 0. The van der Waals surface area contributed by atoms with Gasteiger partial charge in [-0.05, 0) is 56.2 Å². The van der Waals surface area contributed by atoms with Gasteiger partial charge in [-0.3, -0.25) is 14.4 Å². The van der Waals surface area contributed by atoms with Gasteiger partial charge in [-0.2, -0.15) is 0 Å². The number of aromatic amines is 1. The van der Waals surface area contributed by atoms with Gasteiger partial charge in [0.2, 0.25) is 17.7 Å². The number of carboxylic acids is 1. The molecule has 4 unspecified atom stereocenters. The third kappa shape index (κ3) is 7.11. The second-order valence-corrected chi connectivity index (χ2v) is 10.3. The number of benzene rings is 1. The Morgan fingerprint density at radius 1 is 1.13 bits per heavy atom. The molecule has 38 heavy (non-hydrogen) atoms. The third-order valence-electron chi connectivity index (χ3n) is 7.13. The van der Waals surface area contributed by atoms with E-state index in [1.165, 1.54) is 4.90 Å². The lowest BCUT2D eigenvalue weighted by molar-refractivity contribution is -0.145. The number of likely N-dealkylation sites (tertiary alicyclic amines) is 1. The second-order valence-electron chi connectivity index (χ2n) is 10.3. The molecule has 1 saturated heterocycles. The molecule has 0 radical (unpaired) electrons. The maximum atomic E-state index is 13.8. The van der Waals surface area contributed by atoms with E-state index in [2.05, 4.69) is 15.6 Å². The van der Waals surface area contributed by atoms with Crippen molar-refractivity contribution in [2.45, 2.75) is 76.5 Å². The molecule has 0 spiro atoms. The van der Waals surface area contributed by atoms with Gasteiger partial charge in [0.25, 0.3) is 0 Å². The molecule has 2 aromatic rings. The van der Waals surface area contributed by atoms with Crippen molar-refractivity contribution in [3.63, 3.8) is 0 Å². The Morgan fingerprint density at radius 3 is 2.55 bits per heavy atom. The van der Waals surface area contributed by atoms with Crippen molar-refractivity contribution in [1.82, 2.24) is 20.5 Å². The fourth-order valence-electron chi connectivity index (χ4n) is 4.81. The molecule has 8 N–H and O–H groups in total. The smallest absolute Gasteiger partial charge is 0.326 e. The number of carboxylic acid groups (broad SMARTS) is 1. The van der Waals surface area contributed by atoms with E-state index in [0.29, 0.717) is 38.8 Å². The van der Waals surface area contributed by atoms with Gasteiger partial charge in [-0.25, -0.2) is 4.79 Å². The summed E-state index contributed by atoms with van der Waals surface area (Å²) in [5, 5.41) is 15.9. The number of aromatic nitrogens is 1. The average Bonchev–Trinajstić information content (AvgIpc) is 3.54. The Morgan fingerprint density at radius 2 is 1.87 bits per heavy atom. The van der Waals surface area contributed by atoms with Crippen molar-refractivity contribution in [3.05, 3.63) is 36.0 Å². The van der Waals surface area contributed by atoms with Crippen LogP contribution in [0.25, 0.3) is 10.9 Å². The topological polar surface area (TPSA) is 184 Å². The van der Waals surface area contributed by atoms with Crippen LogP contribution in [0.1, 0.15) is 51.5 Å². The van der Waals surface area contributed by atoms with Gasteiger partial charge in [0.1, 0.15) is 18.1 Å². The zero-order chi connectivity index (χ0) is 27.8. The summed E-state index contributed by atoms with van der Waals surface area (Å²) >= 11 is 0. The van der Waals surface area contributed by atoms with E-state index in [-0.39, 0.29) is 18.8 Å². The molecule has 0 saturated carbocycles. The van der Waals surface area contributed by atoms with E-state index in [1.54, 1.807) is 0 Å². The Bertz CT molecular complexity index is 1130. The second kappa shape index (κ2) is 13.4. The summed E-state index contributed by atoms with van der Waals surface area (Å²) in [5.41, 5.74) is 13.3. The number of aliphatic carboxylic acids is 1. The molecular formula is C27H40N6O5. The number of para-hydroxylation sites is 1. The van der Waals surface area contributed by atoms with Crippen LogP contribution in [0.2, 0.25) is 0 Å². The summed E-state index contributed by atoms with van der Waals surface area (Å²) in [6.07, 6.45) is 4.50. The maximum Gasteiger partial charge on any atom is 0.326 e. The highest BCUT2D eigenvalue weighted by Crippen LogP contribution is 2.23. The number of amides is 3. The van der Waals surface area contributed by atoms with Crippen LogP contribution in [-0.2, 0) is 25.6 Å². The number of nitrogens with one attached hydrogen (secondary N) is 3. The first-order valence-electron chi connectivity index (χ1n) is 13.3. The number of carbonyl (C=O) groups excluding carboxylic acids is 3. The quantitative estimate of drug-likeness (QED) is 0.208. The highest BCUT2D eigenvalue weighted by atomic mass is 16.4. The molecule has 1 aliphatic heterocycles. The lowest BCUT2D eigenvalue weighted by Crippen LogP contribution is -2.57. The standard InChI is InChI=1S/C27H40N6O5/c1-16(2)23(29)25(35)32-21(14-17-15-30-19-9-4-3-8-18(17)19)26(36)33-13-7-11-22(33)24(34)31-20(27(37)38)10-5-6-12-28/h3-4,8-9,15-16,20-23,30H,5-7,10-14,28-29H2,1-2H3,(H,31,34)(H,32,35)(H,37,38). The van der Waals surface area contributed by atoms with E-state index < -0.39 is 47.9 Å². The Kier molecular flexibility index (Phi) is 10.3. The molecule has 3 rings (SSSR count). The van der Waals surface area contributed by atoms with Gasteiger partial charge >= 0.3 is 5.97 Å². The van der Waals surface area contributed by atoms with Crippen molar-refractivity contribution in [2.75, 3.05) is 13.1 Å². The molecule has 2 heterocycles. The molecule has 4 atom stereocenters. The average molecular weight is 529 g/mol. The summed E-state index contributed by atoms with van der Waals surface area (Å²) in [6, 6.07) is 4.05. The molecule has 1 fully saturated rings. The van der Waals surface area contributed by atoms with E-state index in [1.807, 2.05) is 44.3 Å². The van der Waals surface area contributed by atoms with Crippen LogP contribution in [0.4, 0.5) is 0 Å². The number of rotatable bonds is 13. The van der Waals surface area contributed by atoms with Crippen molar-refractivity contribution in [3.8, 4) is 0 Å². The SMILES string of the molecule is CC(C)C(N)C(=O)NC(Cc1c[nH]c2ccccc12)C(=O)N1CCCC1C(=O)NC(CCCCN)C(=O)O. The molecule has 11 heteroatoms. The lowest BCUT2D eigenvalue weighted by Gasteiger charge is -2.30. The van der Waals surface area contributed by atoms with Crippen LogP contribution < -0.4 is 22.1 Å². The number of nitrogens with two attached hydrogens (primary N) is 2. The van der Waals surface area contributed by atoms with Crippen molar-refractivity contribution >= 4 is 34.6 Å². The van der Waals surface area contributed by atoms with E-state index >= 15 is 0 Å². The third-order valence-corrected chi connectivity index (χ3v) is 7.13. The highest BCUT2D eigenvalue weighted by molar-refractivity contribution is 5.95. The molecular weight excluding hydrogens is 488 g/mol. The predicted octanol–water partition coefficient (Wildman–Crippen LogP) is 0.868. The van der Waals surface area contributed by atoms with Crippen LogP contribution in [0, 0.1) is 5.92 Å². The fraction of sp³-hybridized carbons (Fsp3) is 0.556. The minimum absolute atomic E-state index is 0.128. The molecule has 11 nitrogen and oxygen atoms in total. The van der Waals surface area contributed by atoms with Crippen molar-refractivity contribution < 1.29 is 24.3 Å². The van der Waals surface area contributed by atoms with Gasteiger partial charge < -0.3 is 37.1 Å². The number of nitrogens with zero attached hydrogens (tertiary/aromatic N) is 1. The first-order valence-corrected chi connectivity index (χ1v) is 13.3. The van der Waals surface area contributed by atoms with Gasteiger partial charge in [-0.1, -0.05) is 32.0 Å². The molecule has 1 aliphatic rings. The number of hydrogen-bond donors (Lipinski definition) is 6. The number of H-pyrrole nitrogens is 1. The fourth-order valence-corrected chi connectivity index (χ4v) is 4.81. The van der Waals surface area contributed by atoms with Crippen molar-refractivity contribution in [2.24, 2.45) is 17.4 Å². The van der Waals surface area contributed by atoms with Gasteiger partial charge in [0.05, 0.1) is 6.04 Å². The minimum atomic E-state index is -1.13. The van der Waals surface area contributed by atoms with Crippen LogP contribution >= 0.6 is 0 Å². The molecule has 1 aromatic carbocycles. The zero-order valence-electron chi connectivity index (χ0n) is 22.1. The van der Waals surface area contributed by atoms with E-state index in [4.69, 9.17) is 11.5 Å². The summed E-state index contributed by atoms with van der Waals surface area (Å²) in [5.74, 6) is -2.60. The highest BCUT2D eigenvalue weighted by Gasteiger charge is 2.39. The first-order chi connectivity index (χ1) is 18.1. The molecule has 0 bridgehead atoms. The summed E-state index contributed by atoms with van der Waals surface area (Å²) in [4.78, 5) is 56.2. The van der Waals surface area contributed by atoms with Crippen LogP contribution in [0.3, 0.4) is 0 Å². The Balaban J connectivity index is 1.81. The summed E-state index contributed by atoms with van der Waals surface area (Å²) in [6.45, 7) is 4.43. The van der Waals surface area contributed by atoms with Crippen molar-refractivity contribution in [1.29, 1.82) is 0 Å². The number of carbonyl (C=O) groups is 4. The molecule has 1 aromatic heterocycles. The van der Waals surface area contributed by atoms with Gasteiger partial charge in [0, 0.05) is 30.1 Å². The Hall–Kier alpha value is -3.44. The van der Waals surface area contributed by atoms with E-state index in [9.17, 15) is 24.3 Å².